The van der Waals surface area contributed by atoms with Gasteiger partial charge in [0.05, 0.1) is 0 Å². The van der Waals surface area contributed by atoms with Gasteiger partial charge in [0.1, 0.15) is 0 Å². The molecule has 2 heteroatoms. The lowest BCUT2D eigenvalue weighted by molar-refractivity contribution is 0.0651. The molecule has 0 aliphatic heterocycles. The quantitative estimate of drug-likeness (QED) is 0.669. The van der Waals surface area contributed by atoms with Crippen LogP contribution in [-0.2, 0) is 0 Å². The summed E-state index contributed by atoms with van der Waals surface area (Å²) in [5, 5.41) is 0. The zero-order chi connectivity index (χ0) is 13.7. The van der Waals surface area contributed by atoms with Crippen LogP contribution in [-0.4, -0.2) is 11.6 Å². The van der Waals surface area contributed by atoms with E-state index in [4.69, 9.17) is 0 Å². The van der Waals surface area contributed by atoms with Crippen molar-refractivity contribution in [3.8, 4) is 0 Å². The maximum absolute atomic E-state index is 12.9. The SMILES string of the molecule is O=C1c2ccccc2C(=O)[C@@H]2CC=C3CCCC[C@H]3[C@H]12. The summed E-state index contributed by atoms with van der Waals surface area (Å²) < 4.78 is 0. The predicted octanol–water partition coefficient (Wildman–Crippen LogP) is 3.82. The van der Waals surface area contributed by atoms with Crippen molar-refractivity contribution in [3.05, 3.63) is 47.0 Å². The van der Waals surface area contributed by atoms with Crippen molar-refractivity contribution in [1.82, 2.24) is 0 Å². The maximum atomic E-state index is 12.9. The number of hydrogen-bond acceptors (Lipinski definition) is 2. The highest BCUT2D eigenvalue weighted by molar-refractivity contribution is 6.16. The summed E-state index contributed by atoms with van der Waals surface area (Å²) in [5.41, 5.74) is 2.75. The zero-order valence-electron chi connectivity index (χ0n) is 11.5. The lowest BCUT2D eigenvalue weighted by atomic mass is 9.60. The number of hydrogen-bond donors (Lipinski definition) is 0. The largest absolute Gasteiger partial charge is 0.294 e. The van der Waals surface area contributed by atoms with Gasteiger partial charge in [0.2, 0.25) is 0 Å². The summed E-state index contributed by atoms with van der Waals surface area (Å²) in [5.74, 6) is 0.531. The number of carbonyl (C=O) groups is 2. The second-order valence-electron chi connectivity index (χ2n) is 6.27. The van der Waals surface area contributed by atoms with Crippen LogP contribution < -0.4 is 0 Å². The van der Waals surface area contributed by atoms with Crippen LogP contribution in [0.3, 0.4) is 0 Å². The Balaban J connectivity index is 1.83. The van der Waals surface area contributed by atoms with E-state index in [-0.39, 0.29) is 23.4 Å². The molecule has 4 rings (SSSR count). The smallest absolute Gasteiger partial charge is 0.168 e. The molecule has 0 N–H and O–H groups in total. The number of ketones is 2. The summed E-state index contributed by atoms with van der Waals surface area (Å²) in [4.78, 5) is 25.6. The van der Waals surface area contributed by atoms with Gasteiger partial charge in [0.25, 0.3) is 0 Å². The zero-order valence-corrected chi connectivity index (χ0v) is 11.5. The van der Waals surface area contributed by atoms with E-state index in [1.54, 1.807) is 0 Å². The van der Waals surface area contributed by atoms with Crippen molar-refractivity contribution in [2.75, 3.05) is 0 Å². The van der Waals surface area contributed by atoms with E-state index in [9.17, 15) is 9.59 Å². The van der Waals surface area contributed by atoms with E-state index >= 15 is 0 Å². The van der Waals surface area contributed by atoms with Crippen LogP contribution in [0.2, 0.25) is 0 Å². The minimum Gasteiger partial charge on any atom is -0.294 e. The lowest BCUT2D eigenvalue weighted by Crippen LogP contribution is -2.43. The Hall–Kier alpha value is -1.70. The van der Waals surface area contributed by atoms with Crippen LogP contribution in [0.25, 0.3) is 0 Å². The molecule has 0 spiro atoms. The molecule has 0 radical (unpaired) electrons. The predicted molar refractivity (Wildman–Crippen MR) is 76.7 cm³/mol. The van der Waals surface area contributed by atoms with Crippen molar-refractivity contribution in [2.24, 2.45) is 17.8 Å². The van der Waals surface area contributed by atoms with Gasteiger partial charge in [0.15, 0.2) is 11.6 Å². The van der Waals surface area contributed by atoms with Crippen molar-refractivity contribution in [2.45, 2.75) is 32.1 Å². The second-order valence-corrected chi connectivity index (χ2v) is 6.27. The third kappa shape index (κ3) is 1.57. The van der Waals surface area contributed by atoms with Crippen LogP contribution in [0.1, 0.15) is 52.8 Å². The van der Waals surface area contributed by atoms with E-state index in [0.29, 0.717) is 17.0 Å². The van der Waals surface area contributed by atoms with Crippen molar-refractivity contribution in [1.29, 1.82) is 0 Å². The number of rotatable bonds is 0. The van der Waals surface area contributed by atoms with E-state index < -0.39 is 0 Å². The minimum atomic E-state index is -0.107. The molecule has 1 aromatic rings. The lowest BCUT2D eigenvalue weighted by Gasteiger charge is -2.42. The Kier molecular flexibility index (Phi) is 2.66. The van der Waals surface area contributed by atoms with Crippen molar-refractivity contribution in [3.63, 3.8) is 0 Å². The topological polar surface area (TPSA) is 34.1 Å². The number of Topliss-reactive ketones (excluding diaryl/α,β-unsaturated/α-hetero) is 2. The number of allylic oxidation sites excluding steroid dienone is 2. The molecule has 0 saturated heterocycles. The molecule has 0 aromatic heterocycles. The molecule has 0 amide bonds. The van der Waals surface area contributed by atoms with Crippen LogP contribution in [0.4, 0.5) is 0 Å². The Bertz CT molecular complexity index is 626. The van der Waals surface area contributed by atoms with Gasteiger partial charge in [-0.2, -0.15) is 0 Å². The maximum Gasteiger partial charge on any atom is 0.168 e. The van der Waals surface area contributed by atoms with Crippen LogP contribution in [0, 0.1) is 17.8 Å². The molecule has 0 bridgehead atoms. The highest BCUT2D eigenvalue weighted by Crippen LogP contribution is 2.47. The average Bonchev–Trinajstić information content (AvgIpc) is 2.51. The third-order valence-electron chi connectivity index (χ3n) is 5.31. The molecular weight excluding hydrogens is 248 g/mol. The Morgan fingerprint density at radius 3 is 2.45 bits per heavy atom. The first kappa shape index (κ1) is 12.1. The van der Waals surface area contributed by atoms with Crippen molar-refractivity contribution < 1.29 is 9.59 Å². The van der Waals surface area contributed by atoms with E-state index in [2.05, 4.69) is 6.08 Å². The highest BCUT2D eigenvalue weighted by atomic mass is 16.1. The summed E-state index contributed by atoms with van der Waals surface area (Å²) >= 11 is 0. The summed E-state index contributed by atoms with van der Waals surface area (Å²) in [6.45, 7) is 0. The molecule has 2 nitrogen and oxygen atoms in total. The fraction of sp³-hybridized carbons (Fsp3) is 0.444. The van der Waals surface area contributed by atoms with Gasteiger partial charge in [-0.25, -0.2) is 0 Å². The fourth-order valence-electron chi connectivity index (χ4n) is 4.36. The first-order valence-electron chi connectivity index (χ1n) is 7.64. The molecule has 102 valence electrons. The highest BCUT2D eigenvalue weighted by Gasteiger charge is 2.47. The molecule has 3 aliphatic carbocycles. The molecule has 3 atom stereocenters. The Morgan fingerprint density at radius 1 is 0.900 bits per heavy atom. The number of benzene rings is 1. The Labute approximate surface area is 118 Å². The molecule has 0 unspecified atom stereocenters. The molecule has 1 aromatic carbocycles. The van der Waals surface area contributed by atoms with Crippen molar-refractivity contribution >= 4 is 11.6 Å². The summed E-state index contributed by atoms with van der Waals surface area (Å²) in [7, 11) is 0. The summed E-state index contributed by atoms with van der Waals surface area (Å²) in [6, 6.07) is 7.36. The Morgan fingerprint density at radius 2 is 1.65 bits per heavy atom. The van der Waals surface area contributed by atoms with E-state index in [1.807, 2.05) is 24.3 Å². The monoisotopic (exact) mass is 266 g/mol. The molecule has 20 heavy (non-hydrogen) atoms. The number of fused-ring (bicyclic) bond motifs is 4. The number of carbonyl (C=O) groups excluding carboxylic acids is 2. The molecule has 1 saturated carbocycles. The third-order valence-corrected chi connectivity index (χ3v) is 5.31. The van der Waals surface area contributed by atoms with Gasteiger partial charge in [-0.3, -0.25) is 9.59 Å². The first-order valence-corrected chi connectivity index (χ1v) is 7.64. The average molecular weight is 266 g/mol. The second kappa shape index (κ2) is 4.41. The standard InChI is InChI=1S/C18H18O2/c19-17-13-7-3-4-8-14(13)18(20)16-12-6-2-1-5-11(12)9-10-15(16)17/h3-4,7-9,12,15-16H,1-2,5-6,10H2/t12-,15-,16+/m1/s1. The molecular formula is C18H18O2. The molecule has 1 fully saturated rings. The van der Waals surface area contributed by atoms with Crippen LogP contribution in [0.15, 0.2) is 35.9 Å². The first-order chi connectivity index (χ1) is 9.77. The van der Waals surface area contributed by atoms with Gasteiger partial charge in [0, 0.05) is 23.0 Å². The molecule has 0 heterocycles. The molecule has 3 aliphatic rings. The van der Waals surface area contributed by atoms with E-state index in [0.717, 1.165) is 19.3 Å². The van der Waals surface area contributed by atoms with E-state index in [1.165, 1.54) is 18.4 Å². The summed E-state index contributed by atoms with van der Waals surface area (Å²) in [6.07, 6.45) is 7.64. The van der Waals surface area contributed by atoms with Gasteiger partial charge < -0.3 is 0 Å². The normalized spacial score (nSPS) is 32.0. The van der Waals surface area contributed by atoms with Crippen LogP contribution >= 0.6 is 0 Å². The fourth-order valence-corrected chi connectivity index (χ4v) is 4.36. The van der Waals surface area contributed by atoms with Gasteiger partial charge in [-0.1, -0.05) is 42.3 Å². The van der Waals surface area contributed by atoms with Gasteiger partial charge in [-0.15, -0.1) is 0 Å². The minimum absolute atomic E-state index is 0.0855. The van der Waals surface area contributed by atoms with Gasteiger partial charge in [-0.05, 0) is 31.6 Å². The van der Waals surface area contributed by atoms with Crippen LogP contribution in [0.5, 0.6) is 0 Å². The van der Waals surface area contributed by atoms with Gasteiger partial charge >= 0.3 is 0 Å².